The van der Waals surface area contributed by atoms with Crippen LogP contribution in [0.5, 0.6) is 0 Å². The number of carbonyl (C=O) groups excluding carboxylic acids is 1. The number of hydrogen-bond acceptors (Lipinski definition) is 6. The molecule has 9 nitrogen and oxygen atoms in total. The number of nitrogens with zero attached hydrogens (tertiary/aromatic N) is 6. The molecule has 0 saturated carbocycles. The standard InChI is InChI=1S/C30H40ClN7O2/c1-6-25(39)35-10-8-21(9-11-35)38-20(4)26(27-23-15-32-33-24(23)14-19(3)28(27)31)29(34-38)37-13-12-36(22-16-40-17-22)18-30(37,5)7-2/h6,14-15,21-22H,1,7-13,16-18H2,2-5H3,(H,32,33)/t30-/m0/s1. The largest absolute Gasteiger partial charge is 0.378 e. The number of piperazine rings is 1. The van der Waals surface area contributed by atoms with Gasteiger partial charge in [0.1, 0.15) is 0 Å². The first kappa shape index (κ1) is 27.3. The highest BCUT2D eigenvalue weighted by Crippen LogP contribution is 2.46. The minimum atomic E-state index is -0.0975. The molecule has 1 amide bonds. The third-order valence-electron chi connectivity index (χ3n) is 9.50. The summed E-state index contributed by atoms with van der Waals surface area (Å²) in [5.74, 6) is 0.991. The number of piperidine rings is 1. The van der Waals surface area contributed by atoms with Gasteiger partial charge in [-0.15, -0.1) is 0 Å². The minimum Gasteiger partial charge on any atom is -0.378 e. The molecule has 3 aliphatic heterocycles. The first-order chi connectivity index (χ1) is 19.3. The molecule has 5 heterocycles. The highest BCUT2D eigenvalue weighted by molar-refractivity contribution is 6.36. The van der Waals surface area contributed by atoms with Crippen LogP contribution in [0.1, 0.15) is 50.4 Å². The molecule has 0 unspecified atom stereocenters. The highest BCUT2D eigenvalue weighted by Gasteiger charge is 2.43. The Labute approximate surface area is 241 Å². The second-order valence-electron chi connectivity index (χ2n) is 11.9. The summed E-state index contributed by atoms with van der Waals surface area (Å²) in [6.45, 7) is 18.4. The highest BCUT2D eigenvalue weighted by atomic mass is 35.5. The average molecular weight is 566 g/mol. The van der Waals surface area contributed by atoms with Gasteiger partial charge in [0.15, 0.2) is 5.82 Å². The van der Waals surface area contributed by atoms with Crippen LogP contribution in [0.2, 0.25) is 5.02 Å². The van der Waals surface area contributed by atoms with Gasteiger partial charge in [-0.25, -0.2) is 0 Å². The van der Waals surface area contributed by atoms with E-state index in [9.17, 15) is 4.79 Å². The number of anilines is 1. The number of likely N-dealkylation sites (tertiary alicyclic amines) is 1. The van der Waals surface area contributed by atoms with Gasteiger partial charge in [-0.3, -0.25) is 19.5 Å². The lowest BCUT2D eigenvalue weighted by Crippen LogP contribution is -2.65. The molecule has 0 radical (unpaired) electrons. The fourth-order valence-corrected chi connectivity index (χ4v) is 7.01. The fourth-order valence-electron chi connectivity index (χ4n) is 6.76. The number of ether oxygens (including phenoxy) is 1. The zero-order valence-electron chi connectivity index (χ0n) is 24.0. The summed E-state index contributed by atoms with van der Waals surface area (Å²) in [6, 6.07) is 2.77. The number of carbonyl (C=O) groups is 1. The van der Waals surface area contributed by atoms with Crippen molar-refractivity contribution in [1.29, 1.82) is 0 Å². The SMILES string of the molecule is C=CC(=O)N1CCC(n2nc(N3CCN(C4COC4)C[C@]3(C)CC)c(-c3c(Cl)c(C)cc4[nH]ncc34)c2C)CC1. The summed E-state index contributed by atoms with van der Waals surface area (Å²) in [4.78, 5) is 19.2. The van der Waals surface area contributed by atoms with Crippen molar-refractivity contribution in [2.45, 2.75) is 64.6 Å². The maximum atomic E-state index is 12.2. The van der Waals surface area contributed by atoms with Crippen LogP contribution in [0.4, 0.5) is 5.82 Å². The van der Waals surface area contributed by atoms with E-state index in [1.54, 1.807) is 0 Å². The number of aromatic nitrogens is 4. The second-order valence-corrected chi connectivity index (χ2v) is 12.2. The normalized spacial score (nSPS) is 23.1. The molecular weight excluding hydrogens is 526 g/mol. The van der Waals surface area contributed by atoms with Crippen molar-refractivity contribution in [3.8, 4) is 11.1 Å². The Morgan fingerprint density at radius 1 is 1.20 bits per heavy atom. The lowest BCUT2D eigenvalue weighted by Gasteiger charge is -2.52. The molecule has 3 fully saturated rings. The van der Waals surface area contributed by atoms with Crippen molar-refractivity contribution in [3.05, 3.63) is 41.2 Å². The van der Waals surface area contributed by atoms with E-state index in [0.29, 0.717) is 19.1 Å². The fraction of sp³-hybridized carbons (Fsp3) is 0.567. The Morgan fingerprint density at radius 2 is 1.95 bits per heavy atom. The number of rotatable bonds is 6. The molecule has 2 aromatic heterocycles. The van der Waals surface area contributed by atoms with Crippen LogP contribution >= 0.6 is 11.6 Å². The lowest BCUT2D eigenvalue weighted by molar-refractivity contribution is -0.127. The Hall–Kier alpha value is -2.88. The summed E-state index contributed by atoms with van der Waals surface area (Å²) in [5, 5.41) is 14.7. The summed E-state index contributed by atoms with van der Waals surface area (Å²) >= 11 is 7.13. The predicted octanol–water partition coefficient (Wildman–Crippen LogP) is 4.74. The van der Waals surface area contributed by atoms with Crippen molar-refractivity contribution in [3.63, 3.8) is 0 Å². The summed E-state index contributed by atoms with van der Waals surface area (Å²) in [7, 11) is 0. The zero-order chi connectivity index (χ0) is 28.2. The molecule has 6 rings (SSSR count). The smallest absolute Gasteiger partial charge is 0.245 e. The van der Waals surface area contributed by atoms with Crippen LogP contribution in [-0.4, -0.2) is 93.2 Å². The van der Waals surface area contributed by atoms with Crippen molar-refractivity contribution >= 4 is 34.2 Å². The quantitative estimate of drug-likeness (QED) is 0.435. The number of aromatic amines is 1. The van der Waals surface area contributed by atoms with E-state index in [1.807, 2.05) is 18.0 Å². The van der Waals surface area contributed by atoms with Crippen molar-refractivity contribution in [1.82, 2.24) is 29.8 Å². The van der Waals surface area contributed by atoms with Crippen LogP contribution in [0.15, 0.2) is 24.9 Å². The molecule has 3 saturated heterocycles. The number of aryl methyl sites for hydroxylation is 1. The number of nitrogens with one attached hydrogen (secondary N) is 1. The number of hydrogen-bond donors (Lipinski definition) is 1. The number of benzene rings is 1. The van der Waals surface area contributed by atoms with Crippen LogP contribution in [0.3, 0.4) is 0 Å². The predicted molar refractivity (Wildman–Crippen MR) is 159 cm³/mol. The Morgan fingerprint density at radius 3 is 2.60 bits per heavy atom. The number of amides is 1. The molecule has 0 bridgehead atoms. The molecule has 1 N–H and O–H groups in total. The van der Waals surface area contributed by atoms with Crippen molar-refractivity contribution in [2.75, 3.05) is 50.8 Å². The van der Waals surface area contributed by atoms with Gasteiger partial charge in [-0.05, 0) is 57.7 Å². The summed E-state index contributed by atoms with van der Waals surface area (Å²) < 4.78 is 7.74. The first-order valence-electron chi connectivity index (χ1n) is 14.5. The van der Waals surface area contributed by atoms with Crippen LogP contribution in [0, 0.1) is 13.8 Å². The van der Waals surface area contributed by atoms with Gasteiger partial charge in [-0.1, -0.05) is 25.1 Å². The number of halogens is 1. The molecule has 1 aromatic carbocycles. The Bertz CT molecular complexity index is 1440. The number of fused-ring (bicyclic) bond motifs is 1. The maximum Gasteiger partial charge on any atom is 0.245 e. The van der Waals surface area contributed by atoms with E-state index < -0.39 is 0 Å². The van der Waals surface area contributed by atoms with E-state index >= 15 is 0 Å². The van der Waals surface area contributed by atoms with Gasteiger partial charge in [0.25, 0.3) is 0 Å². The Kier molecular flexibility index (Phi) is 7.17. The second kappa shape index (κ2) is 10.5. The van der Waals surface area contributed by atoms with Gasteiger partial charge < -0.3 is 14.5 Å². The monoisotopic (exact) mass is 565 g/mol. The van der Waals surface area contributed by atoms with E-state index in [0.717, 1.165) is 96.2 Å². The molecule has 0 aliphatic carbocycles. The Balaban J connectivity index is 1.47. The van der Waals surface area contributed by atoms with E-state index in [1.165, 1.54) is 6.08 Å². The van der Waals surface area contributed by atoms with E-state index in [-0.39, 0.29) is 17.5 Å². The molecular formula is C30H40ClN7O2. The lowest BCUT2D eigenvalue weighted by atomic mass is 9.90. The van der Waals surface area contributed by atoms with E-state index in [4.69, 9.17) is 21.4 Å². The third-order valence-corrected chi connectivity index (χ3v) is 9.99. The van der Waals surface area contributed by atoms with Crippen molar-refractivity contribution < 1.29 is 9.53 Å². The zero-order valence-corrected chi connectivity index (χ0v) is 24.8. The molecule has 214 valence electrons. The topological polar surface area (TPSA) is 82.5 Å². The average Bonchev–Trinajstić information content (AvgIpc) is 3.52. The van der Waals surface area contributed by atoms with Gasteiger partial charge in [0.05, 0.1) is 47.6 Å². The van der Waals surface area contributed by atoms with Crippen LogP contribution in [0.25, 0.3) is 22.0 Å². The van der Waals surface area contributed by atoms with Gasteiger partial charge in [0, 0.05) is 54.9 Å². The molecule has 10 heteroatoms. The maximum absolute atomic E-state index is 12.2. The minimum absolute atomic E-state index is 0.000598. The summed E-state index contributed by atoms with van der Waals surface area (Å²) in [5.41, 5.74) is 5.07. The van der Waals surface area contributed by atoms with Gasteiger partial charge in [-0.2, -0.15) is 10.2 Å². The molecule has 1 atom stereocenters. The van der Waals surface area contributed by atoms with E-state index in [2.05, 4.69) is 58.1 Å². The number of H-pyrrole nitrogens is 1. The summed E-state index contributed by atoms with van der Waals surface area (Å²) in [6.07, 6.45) is 5.98. The van der Waals surface area contributed by atoms with Gasteiger partial charge in [0.2, 0.25) is 5.91 Å². The van der Waals surface area contributed by atoms with Crippen LogP contribution in [-0.2, 0) is 9.53 Å². The molecule has 3 aromatic rings. The molecule has 3 aliphatic rings. The molecule has 0 spiro atoms. The van der Waals surface area contributed by atoms with Gasteiger partial charge >= 0.3 is 0 Å². The van der Waals surface area contributed by atoms with Crippen molar-refractivity contribution in [2.24, 2.45) is 0 Å². The molecule has 40 heavy (non-hydrogen) atoms. The third kappa shape index (κ3) is 4.43. The first-order valence-corrected chi connectivity index (χ1v) is 14.9. The van der Waals surface area contributed by atoms with Crippen LogP contribution < -0.4 is 4.90 Å².